The van der Waals surface area contributed by atoms with Gasteiger partial charge in [-0.3, -0.25) is 10.1 Å². The molecule has 23 heavy (non-hydrogen) atoms. The molecule has 0 aliphatic rings. The van der Waals surface area contributed by atoms with Crippen molar-refractivity contribution in [2.75, 3.05) is 5.73 Å². The molecule has 114 valence electrons. The number of non-ortho nitro benzene ring substituents is 1. The van der Waals surface area contributed by atoms with Crippen molar-refractivity contribution in [3.63, 3.8) is 0 Å². The van der Waals surface area contributed by atoms with Crippen LogP contribution in [0, 0.1) is 21.4 Å². The molecule has 1 aromatic carbocycles. The second-order valence-electron chi connectivity index (χ2n) is 4.75. The van der Waals surface area contributed by atoms with Crippen LogP contribution in [0.5, 0.6) is 0 Å². The zero-order chi connectivity index (χ0) is 16.6. The summed E-state index contributed by atoms with van der Waals surface area (Å²) in [4.78, 5) is 18.5. The number of aromatic nitrogens is 3. The number of nitro benzene ring substituents is 1. The normalized spacial score (nSPS) is 10.6. The first-order valence-corrected chi connectivity index (χ1v) is 7.23. The molecule has 0 saturated heterocycles. The van der Waals surface area contributed by atoms with Crippen molar-refractivity contribution in [3.8, 4) is 6.07 Å². The summed E-state index contributed by atoms with van der Waals surface area (Å²) in [7, 11) is 0. The van der Waals surface area contributed by atoms with E-state index < -0.39 is 4.92 Å². The van der Waals surface area contributed by atoms with Crippen molar-refractivity contribution in [1.29, 1.82) is 5.26 Å². The zero-order valence-electron chi connectivity index (χ0n) is 11.6. The Bertz CT molecular complexity index is 975. The Hall–Kier alpha value is -2.99. The van der Waals surface area contributed by atoms with Crippen molar-refractivity contribution < 1.29 is 4.92 Å². The molecule has 0 amide bonds. The number of anilines is 1. The number of halogens is 1. The van der Waals surface area contributed by atoms with Crippen molar-refractivity contribution in [2.45, 2.75) is 6.54 Å². The Morgan fingerprint density at radius 2 is 2.22 bits per heavy atom. The number of nitro groups is 1. The number of nitrogens with two attached hydrogens (primary N) is 1. The predicted octanol–water partition coefficient (Wildman–Crippen LogP) is 2.60. The standard InChI is InChI=1S/C14H9BrN6O2/c15-12-10(5-16)11-13(17)18-7-19-14(11)20(12)6-8-2-1-3-9(4-8)21(22)23/h1-4,7H,6H2,(H2,17,18,19). The number of benzene rings is 1. The Kier molecular flexibility index (Phi) is 3.67. The average molecular weight is 373 g/mol. The van der Waals surface area contributed by atoms with Gasteiger partial charge in [0.1, 0.15) is 28.5 Å². The number of nitrogens with zero attached hydrogens (tertiary/aromatic N) is 5. The first-order chi connectivity index (χ1) is 11.0. The number of nitriles is 1. The van der Waals surface area contributed by atoms with Crippen LogP contribution < -0.4 is 5.73 Å². The minimum Gasteiger partial charge on any atom is -0.383 e. The third kappa shape index (κ3) is 2.49. The lowest BCUT2D eigenvalue weighted by Gasteiger charge is -2.07. The molecular weight excluding hydrogens is 364 g/mol. The van der Waals surface area contributed by atoms with Gasteiger partial charge < -0.3 is 10.3 Å². The Morgan fingerprint density at radius 1 is 1.43 bits per heavy atom. The van der Waals surface area contributed by atoms with Gasteiger partial charge in [0.15, 0.2) is 0 Å². The van der Waals surface area contributed by atoms with Crippen LogP contribution in [0.4, 0.5) is 11.5 Å². The average Bonchev–Trinajstić information content (AvgIpc) is 2.81. The molecule has 0 spiro atoms. The summed E-state index contributed by atoms with van der Waals surface area (Å²) in [6.45, 7) is 0.302. The molecule has 0 aliphatic heterocycles. The van der Waals surface area contributed by atoms with Crippen molar-refractivity contribution in [3.05, 3.63) is 56.4 Å². The molecule has 0 saturated carbocycles. The third-order valence-corrected chi connectivity index (χ3v) is 4.20. The van der Waals surface area contributed by atoms with Gasteiger partial charge >= 0.3 is 0 Å². The van der Waals surface area contributed by atoms with Crippen LogP contribution in [0.1, 0.15) is 11.1 Å². The Labute approximate surface area is 138 Å². The molecule has 9 heteroatoms. The summed E-state index contributed by atoms with van der Waals surface area (Å²) in [5.74, 6) is 0.213. The molecule has 0 aliphatic carbocycles. The summed E-state index contributed by atoms with van der Waals surface area (Å²) in [5, 5.41) is 20.7. The SMILES string of the molecule is N#Cc1c(Br)n(Cc2cccc([N+](=O)[O-])c2)c2ncnc(N)c12. The molecule has 0 fully saturated rings. The fraction of sp³-hybridized carbons (Fsp3) is 0.0714. The molecule has 2 heterocycles. The predicted molar refractivity (Wildman–Crippen MR) is 86.6 cm³/mol. The first kappa shape index (κ1) is 14.9. The van der Waals surface area contributed by atoms with Crippen LogP contribution in [-0.4, -0.2) is 19.5 Å². The van der Waals surface area contributed by atoms with Crippen LogP contribution in [0.15, 0.2) is 35.2 Å². The van der Waals surface area contributed by atoms with Crippen LogP contribution in [0.3, 0.4) is 0 Å². The fourth-order valence-electron chi connectivity index (χ4n) is 2.36. The topological polar surface area (TPSA) is 124 Å². The van der Waals surface area contributed by atoms with E-state index in [1.165, 1.54) is 18.5 Å². The maximum atomic E-state index is 10.9. The Morgan fingerprint density at radius 3 is 2.91 bits per heavy atom. The van der Waals surface area contributed by atoms with Crippen molar-refractivity contribution in [2.24, 2.45) is 0 Å². The van der Waals surface area contributed by atoms with Crippen molar-refractivity contribution >= 4 is 38.5 Å². The smallest absolute Gasteiger partial charge is 0.269 e. The quantitative estimate of drug-likeness (QED) is 0.556. The highest BCUT2D eigenvalue weighted by molar-refractivity contribution is 9.10. The van der Waals surface area contributed by atoms with E-state index in [-0.39, 0.29) is 11.5 Å². The van der Waals surface area contributed by atoms with Crippen LogP contribution in [-0.2, 0) is 6.54 Å². The maximum absolute atomic E-state index is 10.9. The largest absolute Gasteiger partial charge is 0.383 e. The van der Waals surface area contributed by atoms with Crippen LogP contribution in [0.2, 0.25) is 0 Å². The zero-order valence-corrected chi connectivity index (χ0v) is 13.2. The minimum absolute atomic E-state index is 0.00438. The van der Waals surface area contributed by atoms with E-state index >= 15 is 0 Å². The molecule has 0 radical (unpaired) electrons. The lowest BCUT2D eigenvalue weighted by Crippen LogP contribution is -2.02. The third-order valence-electron chi connectivity index (χ3n) is 3.38. The molecule has 0 unspecified atom stereocenters. The van der Waals surface area contributed by atoms with Gasteiger partial charge in [-0.2, -0.15) is 5.26 Å². The summed E-state index contributed by atoms with van der Waals surface area (Å²) in [5.41, 5.74) is 7.39. The summed E-state index contributed by atoms with van der Waals surface area (Å²) in [6, 6.07) is 8.36. The number of rotatable bonds is 3. The van der Waals surface area contributed by atoms with Gasteiger partial charge in [0.25, 0.3) is 5.69 Å². The van der Waals surface area contributed by atoms with Gasteiger partial charge in [-0.15, -0.1) is 0 Å². The maximum Gasteiger partial charge on any atom is 0.269 e. The highest BCUT2D eigenvalue weighted by Crippen LogP contribution is 2.32. The molecular formula is C14H9BrN6O2. The summed E-state index contributed by atoms with van der Waals surface area (Å²) >= 11 is 3.38. The summed E-state index contributed by atoms with van der Waals surface area (Å²) < 4.78 is 2.24. The lowest BCUT2D eigenvalue weighted by molar-refractivity contribution is -0.384. The number of hydrogen-bond donors (Lipinski definition) is 1. The number of fused-ring (bicyclic) bond motifs is 1. The van der Waals surface area contributed by atoms with Crippen molar-refractivity contribution in [1.82, 2.24) is 14.5 Å². The minimum atomic E-state index is -0.451. The van der Waals surface area contributed by atoms with E-state index in [4.69, 9.17) is 5.73 Å². The highest BCUT2D eigenvalue weighted by Gasteiger charge is 2.19. The van der Waals surface area contributed by atoms with Crippen LogP contribution >= 0.6 is 15.9 Å². The van der Waals surface area contributed by atoms with Gasteiger partial charge in [0, 0.05) is 12.1 Å². The van der Waals surface area contributed by atoms with Gasteiger partial charge in [-0.25, -0.2) is 9.97 Å². The second kappa shape index (κ2) is 5.66. The number of nitrogen functional groups attached to an aromatic ring is 1. The Balaban J connectivity index is 2.16. The first-order valence-electron chi connectivity index (χ1n) is 6.44. The van der Waals surface area contributed by atoms with Gasteiger partial charge in [0.05, 0.1) is 22.4 Å². The molecule has 3 rings (SSSR count). The molecule has 2 aromatic heterocycles. The monoisotopic (exact) mass is 372 g/mol. The second-order valence-corrected chi connectivity index (χ2v) is 5.50. The van der Waals surface area contributed by atoms with E-state index in [0.29, 0.717) is 33.3 Å². The summed E-state index contributed by atoms with van der Waals surface area (Å²) in [6.07, 6.45) is 1.31. The van der Waals surface area contributed by atoms with Gasteiger partial charge in [0.2, 0.25) is 0 Å². The van der Waals surface area contributed by atoms with E-state index in [1.54, 1.807) is 16.7 Å². The molecule has 0 bridgehead atoms. The van der Waals surface area contributed by atoms with E-state index in [2.05, 4.69) is 32.0 Å². The molecule has 8 nitrogen and oxygen atoms in total. The lowest BCUT2D eigenvalue weighted by atomic mass is 10.2. The fourth-order valence-corrected chi connectivity index (χ4v) is 2.94. The van der Waals surface area contributed by atoms with E-state index in [0.717, 1.165) is 0 Å². The molecule has 3 aromatic rings. The van der Waals surface area contributed by atoms with Gasteiger partial charge in [-0.05, 0) is 21.5 Å². The molecule has 0 atom stereocenters. The van der Waals surface area contributed by atoms with E-state index in [9.17, 15) is 15.4 Å². The van der Waals surface area contributed by atoms with E-state index in [1.807, 2.05) is 0 Å². The molecule has 2 N–H and O–H groups in total. The van der Waals surface area contributed by atoms with Crippen LogP contribution in [0.25, 0.3) is 11.0 Å². The number of hydrogen-bond acceptors (Lipinski definition) is 6. The highest BCUT2D eigenvalue weighted by atomic mass is 79.9. The van der Waals surface area contributed by atoms with Gasteiger partial charge in [-0.1, -0.05) is 12.1 Å².